The van der Waals surface area contributed by atoms with Gasteiger partial charge in [-0.15, -0.1) is 0 Å². The zero-order valence-electron chi connectivity index (χ0n) is 14.2. The van der Waals surface area contributed by atoms with E-state index in [4.69, 9.17) is 0 Å². The molecule has 0 aliphatic carbocycles. The van der Waals surface area contributed by atoms with E-state index in [1.54, 1.807) is 10.9 Å². The van der Waals surface area contributed by atoms with E-state index < -0.39 is 0 Å². The first-order chi connectivity index (χ1) is 11.5. The Hall–Kier alpha value is -2.73. The van der Waals surface area contributed by atoms with Crippen molar-refractivity contribution < 1.29 is 4.79 Å². The summed E-state index contributed by atoms with van der Waals surface area (Å²) in [5.41, 5.74) is 3.75. The summed E-state index contributed by atoms with van der Waals surface area (Å²) in [6.45, 7) is 2.89. The van der Waals surface area contributed by atoms with Crippen molar-refractivity contribution in [1.29, 1.82) is 0 Å². The zero-order valence-corrected chi connectivity index (χ0v) is 14.2. The molecule has 0 unspecified atom stereocenters. The Balaban J connectivity index is 1.60. The molecule has 0 aliphatic heterocycles. The highest BCUT2D eigenvalue weighted by molar-refractivity contribution is 5.92. The van der Waals surface area contributed by atoms with Crippen LogP contribution < -0.4 is 5.32 Å². The summed E-state index contributed by atoms with van der Waals surface area (Å²) < 4.78 is 1.74. The van der Waals surface area contributed by atoms with Crippen LogP contribution in [0.2, 0.25) is 0 Å². The smallest absolute Gasteiger partial charge is 0.238 e. The molecule has 0 saturated carbocycles. The molecule has 2 heterocycles. The van der Waals surface area contributed by atoms with Crippen LogP contribution in [-0.2, 0) is 18.4 Å². The third kappa shape index (κ3) is 3.60. The molecule has 0 bridgehead atoms. The molecule has 124 valence electrons. The number of pyridine rings is 1. The van der Waals surface area contributed by atoms with Gasteiger partial charge in [0, 0.05) is 25.2 Å². The van der Waals surface area contributed by atoms with E-state index in [2.05, 4.69) is 21.5 Å². The van der Waals surface area contributed by atoms with Crippen LogP contribution in [0.25, 0.3) is 10.9 Å². The molecule has 1 N–H and O–H groups in total. The number of carbonyl (C=O) groups excluding carboxylic acids is 1. The predicted octanol–water partition coefficient (Wildman–Crippen LogP) is 2.35. The Morgan fingerprint density at radius 2 is 2.08 bits per heavy atom. The number of rotatable bonds is 5. The Morgan fingerprint density at radius 3 is 2.83 bits per heavy atom. The SMILES string of the molecule is Cc1c(NC(=O)CN(C)Cc2cnc3ccccc3c2)cnn1C. The Bertz CT molecular complexity index is 871. The molecule has 3 aromatic rings. The predicted molar refractivity (Wildman–Crippen MR) is 94.7 cm³/mol. The van der Waals surface area contributed by atoms with Crippen molar-refractivity contribution in [2.45, 2.75) is 13.5 Å². The van der Waals surface area contributed by atoms with Gasteiger partial charge in [0.05, 0.1) is 29.6 Å². The van der Waals surface area contributed by atoms with Crippen LogP contribution in [0.3, 0.4) is 0 Å². The number of aromatic nitrogens is 3. The average Bonchev–Trinajstić information content (AvgIpc) is 2.86. The van der Waals surface area contributed by atoms with Crippen molar-refractivity contribution in [3.05, 3.63) is 54.0 Å². The first-order valence-corrected chi connectivity index (χ1v) is 7.83. The van der Waals surface area contributed by atoms with Gasteiger partial charge in [0.25, 0.3) is 0 Å². The summed E-state index contributed by atoms with van der Waals surface area (Å²) >= 11 is 0. The first kappa shape index (κ1) is 16.1. The number of para-hydroxylation sites is 1. The number of nitrogens with zero attached hydrogens (tertiary/aromatic N) is 4. The van der Waals surface area contributed by atoms with Crippen molar-refractivity contribution in [3.8, 4) is 0 Å². The number of likely N-dealkylation sites (N-methyl/N-ethyl adjacent to an activating group) is 1. The minimum absolute atomic E-state index is 0.0534. The molecule has 0 fully saturated rings. The van der Waals surface area contributed by atoms with Crippen molar-refractivity contribution in [2.75, 3.05) is 18.9 Å². The molecule has 2 aromatic heterocycles. The van der Waals surface area contributed by atoms with Crippen LogP contribution in [0.15, 0.2) is 42.7 Å². The molecular weight excluding hydrogens is 302 g/mol. The fourth-order valence-corrected chi connectivity index (χ4v) is 2.63. The molecule has 0 aliphatic rings. The number of benzene rings is 1. The zero-order chi connectivity index (χ0) is 17.1. The van der Waals surface area contributed by atoms with E-state index in [1.807, 2.05) is 56.4 Å². The molecular formula is C18H21N5O. The lowest BCUT2D eigenvalue weighted by molar-refractivity contribution is -0.117. The van der Waals surface area contributed by atoms with Crippen molar-refractivity contribution in [2.24, 2.45) is 7.05 Å². The fraction of sp³-hybridized carbons (Fsp3) is 0.278. The lowest BCUT2D eigenvalue weighted by Gasteiger charge is -2.16. The second-order valence-electron chi connectivity index (χ2n) is 6.02. The number of aryl methyl sites for hydroxylation is 1. The van der Waals surface area contributed by atoms with E-state index in [0.717, 1.165) is 27.8 Å². The highest BCUT2D eigenvalue weighted by Crippen LogP contribution is 2.14. The fourth-order valence-electron chi connectivity index (χ4n) is 2.63. The summed E-state index contributed by atoms with van der Waals surface area (Å²) in [6.07, 6.45) is 3.53. The number of anilines is 1. The minimum atomic E-state index is -0.0534. The van der Waals surface area contributed by atoms with Crippen molar-refractivity contribution in [3.63, 3.8) is 0 Å². The van der Waals surface area contributed by atoms with Gasteiger partial charge in [-0.2, -0.15) is 5.10 Å². The largest absolute Gasteiger partial charge is 0.322 e. The maximum atomic E-state index is 12.2. The van der Waals surface area contributed by atoms with E-state index in [9.17, 15) is 4.79 Å². The topological polar surface area (TPSA) is 63.1 Å². The Kier molecular flexibility index (Phi) is 4.57. The quantitative estimate of drug-likeness (QED) is 0.783. The molecule has 1 amide bonds. The lowest BCUT2D eigenvalue weighted by atomic mass is 10.1. The standard InChI is InChI=1S/C18H21N5O/c1-13-17(10-20-23(13)3)21-18(24)12-22(2)11-14-8-15-6-4-5-7-16(15)19-9-14/h4-10H,11-12H2,1-3H3,(H,21,24). The molecule has 24 heavy (non-hydrogen) atoms. The summed E-state index contributed by atoms with van der Waals surface area (Å²) in [4.78, 5) is 18.6. The summed E-state index contributed by atoms with van der Waals surface area (Å²) in [6, 6.07) is 10.1. The summed E-state index contributed by atoms with van der Waals surface area (Å²) in [7, 11) is 3.77. The van der Waals surface area contributed by atoms with Crippen molar-refractivity contribution in [1.82, 2.24) is 19.7 Å². The number of hydrogen-bond donors (Lipinski definition) is 1. The summed E-state index contributed by atoms with van der Waals surface area (Å²) in [5.74, 6) is -0.0534. The van der Waals surface area contributed by atoms with Crippen LogP contribution in [0.4, 0.5) is 5.69 Å². The van der Waals surface area contributed by atoms with E-state index in [1.165, 1.54) is 0 Å². The second-order valence-corrected chi connectivity index (χ2v) is 6.02. The molecule has 0 spiro atoms. The van der Waals surface area contributed by atoms with Gasteiger partial charge in [-0.05, 0) is 31.7 Å². The maximum absolute atomic E-state index is 12.2. The van der Waals surface area contributed by atoms with Gasteiger partial charge < -0.3 is 5.32 Å². The molecule has 6 nitrogen and oxygen atoms in total. The molecule has 0 saturated heterocycles. The third-order valence-corrected chi connectivity index (χ3v) is 4.02. The van der Waals surface area contributed by atoms with Crippen LogP contribution >= 0.6 is 0 Å². The Morgan fingerprint density at radius 1 is 1.29 bits per heavy atom. The van der Waals surface area contributed by atoms with E-state index in [0.29, 0.717) is 13.1 Å². The van der Waals surface area contributed by atoms with Crippen LogP contribution in [0.5, 0.6) is 0 Å². The second kappa shape index (κ2) is 6.80. The van der Waals surface area contributed by atoms with Crippen LogP contribution in [0, 0.1) is 6.92 Å². The Labute approximate surface area is 141 Å². The average molecular weight is 323 g/mol. The molecule has 0 radical (unpaired) electrons. The van der Waals surface area contributed by atoms with Crippen LogP contribution in [-0.4, -0.2) is 39.2 Å². The highest BCUT2D eigenvalue weighted by atomic mass is 16.2. The first-order valence-electron chi connectivity index (χ1n) is 7.83. The van der Waals surface area contributed by atoms with Gasteiger partial charge in [-0.1, -0.05) is 18.2 Å². The molecule has 0 atom stereocenters. The molecule has 6 heteroatoms. The number of carbonyl (C=O) groups is 1. The molecule has 1 aromatic carbocycles. The minimum Gasteiger partial charge on any atom is -0.322 e. The van der Waals surface area contributed by atoms with Gasteiger partial charge in [0.1, 0.15) is 0 Å². The highest BCUT2D eigenvalue weighted by Gasteiger charge is 2.11. The maximum Gasteiger partial charge on any atom is 0.238 e. The van der Waals surface area contributed by atoms with E-state index in [-0.39, 0.29) is 5.91 Å². The van der Waals surface area contributed by atoms with Crippen LogP contribution in [0.1, 0.15) is 11.3 Å². The van der Waals surface area contributed by atoms with E-state index >= 15 is 0 Å². The molecule has 3 rings (SSSR count). The van der Waals surface area contributed by atoms with Gasteiger partial charge in [0.2, 0.25) is 5.91 Å². The third-order valence-electron chi connectivity index (χ3n) is 4.02. The normalized spacial score (nSPS) is 11.2. The summed E-state index contributed by atoms with van der Waals surface area (Å²) in [5, 5.41) is 8.13. The van der Waals surface area contributed by atoms with Gasteiger partial charge in [-0.3, -0.25) is 19.4 Å². The number of nitrogens with one attached hydrogen (secondary N) is 1. The van der Waals surface area contributed by atoms with Gasteiger partial charge in [0.15, 0.2) is 0 Å². The number of amides is 1. The monoisotopic (exact) mass is 323 g/mol. The number of fused-ring (bicyclic) bond motifs is 1. The lowest BCUT2D eigenvalue weighted by Crippen LogP contribution is -2.30. The van der Waals surface area contributed by atoms with Crippen molar-refractivity contribution >= 4 is 22.5 Å². The van der Waals surface area contributed by atoms with Gasteiger partial charge in [-0.25, -0.2) is 0 Å². The number of hydrogen-bond acceptors (Lipinski definition) is 4. The van der Waals surface area contributed by atoms with Gasteiger partial charge >= 0.3 is 0 Å².